The van der Waals surface area contributed by atoms with Crippen LogP contribution in [0.1, 0.15) is 21.5 Å². The highest BCUT2D eigenvalue weighted by Gasteiger charge is 2.13. The molecule has 0 amide bonds. The van der Waals surface area contributed by atoms with Crippen molar-refractivity contribution >= 4 is 23.2 Å². The Labute approximate surface area is 121 Å². The number of rotatable bonds is 3. The van der Waals surface area contributed by atoms with Gasteiger partial charge in [-0.1, -0.05) is 23.8 Å². The van der Waals surface area contributed by atoms with Gasteiger partial charge in [0.1, 0.15) is 22.1 Å². The third kappa shape index (κ3) is 3.13. The molecule has 0 saturated carbocycles. The predicted octanol–water partition coefficient (Wildman–Crippen LogP) is 2.55. The lowest BCUT2D eigenvalue weighted by Gasteiger charge is -2.07. The average Bonchev–Trinajstić information content (AvgIpc) is 2.42. The van der Waals surface area contributed by atoms with Crippen molar-refractivity contribution < 1.29 is 14.6 Å². The van der Waals surface area contributed by atoms with E-state index in [1.165, 1.54) is 6.07 Å². The predicted molar refractivity (Wildman–Crippen MR) is 80.1 cm³/mol. The fourth-order valence-electron chi connectivity index (χ4n) is 1.66. The van der Waals surface area contributed by atoms with E-state index in [9.17, 15) is 9.90 Å². The quantitative estimate of drug-likeness (QED) is 0.515. The Balaban J connectivity index is 2.19. The van der Waals surface area contributed by atoms with Crippen LogP contribution >= 0.6 is 12.2 Å². The van der Waals surface area contributed by atoms with E-state index in [0.29, 0.717) is 11.3 Å². The summed E-state index contributed by atoms with van der Waals surface area (Å²) >= 11 is 4.84. The first-order valence-electron chi connectivity index (χ1n) is 5.89. The molecular formula is C15H13NO3S. The second kappa shape index (κ2) is 5.71. The number of esters is 1. The van der Waals surface area contributed by atoms with E-state index in [0.717, 1.165) is 5.56 Å². The Morgan fingerprint density at radius 2 is 1.85 bits per heavy atom. The van der Waals surface area contributed by atoms with Crippen LogP contribution in [0.4, 0.5) is 0 Å². The number of thiocarbonyl (C=S) groups is 1. The number of benzene rings is 2. The van der Waals surface area contributed by atoms with Gasteiger partial charge in [-0.25, -0.2) is 4.79 Å². The molecule has 0 saturated heterocycles. The molecule has 0 unspecified atom stereocenters. The van der Waals surface area contributed by atoms with Gasteiger partial charge in [0.05, 0.1) is 0 Å². The van der Waals surface area contributed by atoms with Crippen molar-refractivity contribution in [3.05, 3.63) is 59.2 Å². The number of nitrogens with two attached hydrogens (primary N) is 1. The van der Waals surface area contributed by atoms with E-state index < -0.39 is 5.97 Å². The second-order valence-corrected chi connectivity index (χ2v) is 4.74. The van der Waals surface area contributed by atoms with E-state index >= 15 is 0 Å². The summed E-state index contributed by atoms with van der Waals surface area (Å²) in [5.41, 5.74) is 7.16. The summed E-state index contributed by atoms with van der Waals surface area (Å²) in [6.45, 7) is 1.83. The molecule has 2 aromatic carbocycles. The molecule has 0 aliphatic carbocycles. The van der Waals surface area contributed by atoms with Gasteiger partial charge in [0.25, 0.3) is 0 Å². The smallest absolute Gasteiger partial charge is 0.347 e. The highest BCUT2D eigenvalue weighted by atomic mass is 32.1. The molecule has 2 aromatic rings. The van der Waals surface area contributed by atoms with Gasteiger partial charge in [-0.05, 0) is 43.3 Å². The van der Waals surface area contributed by atoms with E-state index in [1.54, 1.807) is 36.4 Å². The second-order valence-electron chi connectivity index (χ2n) is 4.30. The summed E-state index contributed by atoms with van der Waals surface area (Å²) in [5, 5.41) is 9.67. The van der Waals surface area contributed by atoms with Crippen LogP contribution < -0.4 is 10.5 Å². The number of carbonyl (C=O) groups excluding carboxylic acids is 1. The summed E-state index contributed by atoms with van der Waals surface area (Å²) in [4.78, 5) is 12.3. The largest absolute Gasteiger partial charge is 0.507 e. The lowest BCUT2D eigenvalue weighted by molar-refractivity contribution is 0.0731. The van der Waals surface area contributed by atoms with Crippen molar-refractivity contribution in [1.29, 1.82) is 0 Å². The number of aryl methyl sites for hydroxylation is 1. The van der Waals surface area contributed by atoms with Crippen molar-refractivity contribution in [2.24, 2.45) is 5.73 Å². The van der Waals surface area contributed by atoms with Gasteiger partial charge in [0.2, 0.25) is 0 Å². The lowest BCUT2D eigenvalue weighted by Crippen LogP contribution is -2.11. The van der Waals surface area contributed by atoms with E-state index in [4.69, 9.17) is 22.7 Å². The Bertz CT molecular complexity index is 665. The fourth-order valence-corrected chi connectivity index (χ4v) is 1.80. The van der Waals surface area contributed by atoms with Crippen molar-refractivity contribution in [2.75, 3.05) is 0 Å². The third-order valence-electron chi connectivity index (χ3n) is 2.72. The van der Waals surface area contributed by atoms with Crippen molar-refractivity contribution in [2.45, 2.75) is 6.92 Å². The molecular weight excluding hydrogens is 274 g/mol. The summed E-state index contributed by atoms with van der Waals surface area (Å²) in [6, 6.07) is 11.3. The number of carbonyl (C=O) groups is 1. The number of aromatic hydroxyl groups is 1. The summed E-state index contributed by atoms with van der Waals surface area (Å²) in [5.74, 6) is -0.370. The standard InChI is InChI=1S/C15H13NO3S/c1-9-2-7-13(17)12(8-9)15(18)19-11-5-3-10(4-6-11)14(16)20/h2-8,17H,1H3,(H2,16,20). The lowest BCUT2D eigenvalue weighted by atomic mass is 10.1. The zero-order valence-corrected chi connectivity index (χ0v) is 11.6. The maximum absolute atomic E-state index is 12.0. The van der Waals surface area contributed by atoms with Crippen LogP contribution in [0.15, 0.2) is 42.5 Å². The Hall–Kier alpha value is -2.40. The summed E-state index contributed by atoms with van der Waals surface area (Å²) in [7, 11) is 0. The topological polar surface area (TPSA) is 72.5 Å². The molecule has 0 aliphatic rings. The zero-order chi connectivity index (χ0) is 14.7. The van der Waals surface area contributed by atoms with Gasteiger partial charge in [-0.15, -0.1) is 0 Å². The average molecular weight is 287 g/mol. The molecule has 20 heavy (non-hydrogen) atoms. The minimum absolute atomic E-state index is 0.111. The molecule has 0 aromatic heterocycles. The molecule has 0 spiro atoms. The minimum Gasteiger partial charge on any atom is -0.507 e. The highest BCUT2D eigenvalue weighted by molar-refractivity contribution is 7.80. The van der Waals surface area contributed by atoms with Crippen LogP contribution in [0, 0.1) is 6.92 Å². The van der Waals surface area contributed by atoms with Crippen LogP contribution in [-0.4, -0.2) is 16.1 Å². The summed E-state index contributed by atoms with van der Waals surface area (Å²) in [6.07, 6.45) is 0. The molecule has 102 valence electrons. The first kappa shape index (κ1) is 14.0. The maximum atomic E-state index is 12.0. The summed E-state index contributed by atoms with van der Waals surface area (Å²) < 4.78 is 5.19. The Morgan fingerprint density at radius 1 is 1.20 bits per heavy atom. The molecule has 3 N–H and O–H groups in total. The van der Waals surface area contributed by atoms with Gasteiger partial charge in [-0.3, -0.25) is 0 Å². The normalized spacial score (nSPS) is 10.1. The van der Waals surface area contributed by atoms with Gasteiger partial charge >= 0.3 is 5.97 Å². The van der Waals surface area contributed by atoms with Crippen LogP contribution in [0.3, 0.4) is 0 Å². The number of ether oxygens (including phenoxy) is 1. The first-order valence-corrected chi connectivity index (χ1v) is 6.30. The van der Waals surface area contributed by atoms with Crippen LogP contribution in [-0.2, 0) is 0 Å². The molecule has 2 rings (SSSR count). The number of hydrogen-bond donors (Lipinski definition) is 2. The van der Waals surface area contributed by atoms with Crippen LogP contribution in [0.25, 0.3) is 0 Å². The van der Waals surface area contributed by atoms with Crippen molar-refractivity contribution in [1.82, 2.24) is 0 Å². The van der Waals surface area contributed by atoms with Crippen LogP contribution in [0.2, 0.25) is 0 Å². The molecule has 0 atom stereocenters. The Kier molecular flexibility index (Phi) is 4.00. The molecule has 0 heterocycles. The van der Waals surface area contributed by atoms with Gasteiger partial charge in [-0.2, -0.15) is 0 Å². The zero-order valence-electron chi connectivity index (χ0n) is 10.8. The first-order chi connectivity index (χ1) is 9.47. The molecule has 0 bridgehead atoms. The van der Waals surface area contributed by atoms with E-state index in [2.05, 4.69) is 0 Å². The molecule has 0 aliphatic heterocycles. The maximum Gasteiger partial charge on any atom is 0.347 e. The fraction of sp³-hybridized carbons (Fsp3) is 0.0667. The third-order valence-corrected chi connectivity index (χ3v) is 2.96. The number of phenolic OH excluding ortho intramolecular Hbond substituents is 1. The van der Waals surface area contributed by atoms with Crippen molar-refractivity contribution in [3.8, 4) is 11.5 Å². The number of hydrogen-bond acceptors (Lipinski definition) is 4. The minimum atomic E-state index is -0.616. The van der Waals surface area contributed by atoms with Gasteiger partial charge < -0.3 is 15.6 Å². The van der Waals surface area contributed by atoms with E-state index in [1.807, 2.05) is 6.92 Å². The monoisotopic (exact) mass is 287 g/mol. The van der Waals surface area contributed by atoms with Gasteiger partial charge in [0, 0.05) is 5.56 Å². The molecule has 0 fully saturated rings. The molecule has 0 radical (unpaired) electrons. The Morgan fingerprint density at radius 3 is 2.45 bits per heavy atom. The highest BCUT2D eigenvalue weighted by Crippen LogP contribution is 2.21. The molecule has 5 heteroatoms. The number of phenols is 1. The van der Waals surface area contributed by atoms with Crippen molar-refractivity contribution in [3.63, 3.8) is 0 Å². The molecule has 4 nitrogen and oxygen atoms in total. The van der Waals surface area contributed by atoms with Gasteiger partial charge in [0.15, 0.2) is 0 Å². The SMILES string of the molecule is Cc1ccc(O)c(C(=O)Oc2ccc(C(N)=S)cc2)c1. The van der Waals surface area contributed by atoms with E-state index in [-0.39, 0.29) is 16.3 Å². The van der Waals surface area contributed by atoms with Crippen LogP contribution in [0.5, 0.6) is 11.5 Å².